The number of rotatable bonds is 6. The molecule has 1 N–H and O–H groups in total. The Labute approximate surface area is 202 Å². The molecule has 1 aliphatic rings. The van der Waals surface area contributed by atoms with E-state index in [9.17, 15) is 9.59 Å². The molecule has 1 atom stereocenters. The highest BCUT2D eigenvalue weighted by atomic mass is 32.1. The van der Waals surface area contributed by atoms with Gasteiger partial charge in [-0.05, 0) is 58.8 Å². The number of thiophene rings is 1. The van der Waals surface area contributed by atoms with E-state index in [0.717, 1.165) is 36.8 Å². The van der Waals surface area contributed by atoms with Crippen LogP contribution in [-0.4, -0.2) is 19.0 Å². The van der Waals surface area contributed by atoms with Crippen LogP contribution in [0, 0.1) is 11.3 Å². The fraction of sp³-hybridized carbons (Fsp3) is 0.500. The zero-order valence-corrected chi connectivity index (χ0v) is 21.8. The monoisotopic (exact) mass is 467 g/mol. The maximum absolute atomic E-state index is 12.7. The highest BCUT2D eigenvalue weighted by Crippen LogP contribution is 2.45. The molecule has 0 saturated heterocycles. The van der Waals surface area contributed by atoms with Gasteiger partial charge in [0.05, 0.1) is 12.7 Å². The molecule has 4 nitrogen and oxygen atoms in total. The molecule has 0 radical (unpaired) electrons. The van der Waals surface area contributed by atoms with Crippen LogP contribution in [-0.2, 0) is 27.8 Å². The van der Waals surface area contributed by atoms with Gasteiger partial charge in [0.2, 0.25) is 5.91 Å². The summed E-state index contributed by atoms with van der Waals surface area (Å²) in [6, 6.07) is 8.22. The Kier molecular flexibility index (Phi) is 7.52. The molecule has 1 aromatic carbocycles. The molecule has 0 saturated carbocycles. The second-order valence-corrected chi connectivity index (χ2v) is 11.8. The standard InChI is InChI=1S/C28H37NO3S/c1-8-28(5,6)20-14-15-21-22(17-20)33-25(24(21)26(31)32-7)29-23(30)16-11-18-9-12-19(13-10-18)27(2,3)4/h9-13,16,20H,8,14-15,17H2,1-7H3,(H,29,30). The highest BCUT2D eigenvalue weighted by molar-refractivity contribution is 7.17. The van der Waals surface area contributed by atoms with E-state index in [2.05, 4.69) is 59.0 Å². The Balaban J connectivity index is 1.79. The fourth-order valence-corrected chi connectivity index (χ4v) is 5.69. The molecule has 3 rings (SSSR count). The number of benzene rings is 1. The minimum absolute atomic E-state index is 0.0908. The van der Waals surface area contributed by atoms with Crippen LogP contribution in [0.15, 0.2) is 30.3 Å². The summed E-state index contributed by atoms with van der Waals surface area (Å²) in [7, 11) is 1.39. The molecule has 0 bridgehead atoms. The van der Waals surface area contributed by atoms with E-state index in [1.165, 1.54) is 35.0 Å². The predicted octanol–water partition coefficient (Wildman–Crippen LogP) is 7.03. The zero-order chi connectivity index (χ0) is 24.4. The van der Waals surface area contributed by atoms with Crippen molar-refractivity contribution < 1.29 is 14.3 Å². The topological polar surface area (TPSA) is 55.4 Å². The minimum Gasteiger partial charge on any atom is -0.465 e. The van der Waals surface area contributed by atoms with Gasteiger partial charge in [0.25, 0.3) is 0 Å². The number of hydrogen-bond donors (Lipinski definition) is 1. The normalized spacial score (nSPS) is 16.5. The third kappa shape index (κ3) is 5.75. The van der Waals surface area contributed by atoms with Crippen LogP contribution in [0.3, 0.4) is 0 Å². The van der Waals surface area contributed by atoms with Crippen molar-refractivity contribution in [3.8, 4) is 0 Å². The fourth-order valence-electron chi connectivity index (χ4n) is 4.37. The van der Waals surface area contributed by atoms with Crippen molar-refractivity contribution in [1.82, 2.24) is 0 Å². The van der Waals surface area contributed by atoms with Gasteiger partial charge in [0.1, 0.15) is 5.00 Å². The number of amides is 1. The molecule has 0 aliphatic heterocycles. The maximum atomic E-state index is 12.7. The summed E-state index contributed by atoms with van der Waals surface area (Å²) in [4.78, 5) is 26.5. The maximum Gasteiger partial charge on any atom is 0.341 e. The molecular weight excluding hydrogens is 430 g/mol. The zero-order valence-electron chi connectivity index (χ0n) is 21.0. The summed E-state index contributed by atoms with van der Waals surface area (Å²) in [5, 5.41) is 3.55. The Morgan fingerprint density at radius 3 is 2.39 bits per heavy atom. The average Bonchev–Trinajstić information content (AvgIpc) is 3.13. The van der Waals surface area contributed by atoms with Crippen molar-refractivity contribution in [2.75, 3.05) is 12.4 Å². The van der Waals surface area contributed by atoms with Gasteiger partial charge in [0, 0.05) is 11.0 Å². The Morgan fingerprint density at radius 1 is 1.15 bits per heavy atom. The first-order chi connectivity index (χ1) is 15.5. The van der Waals surface area contributed by atoms with E-state index < -0.39 is 0 Å². The molecular formula is C28H37NO3S. The quantitative estimate of drug-likeness (QED) is 0.367. The van der Waals surface area contributed by atoms with Crippen molar-refractivity contribution in [2.45, 2.75) is 72.6 Å². The summed E-state index contributed by atoms with van der Waals surface area (Å²) in [6.45, 7) is 13.4. The Hall–Kier alpha value is -2.40. The predicted molar refractivity (Wildman–Crippen MR) is 138 cm³/mol. The SMILES string of the molecule is CCC(C)(C)C1CCc2c(sc(NC(=O)C=Cc3ccc(C(C)(C)C)cc3)c2C(=O)OC)C1. The number of ether oxygens (including phenoxy) is 1. The van der Waals surface area contributed by atoms with Crippen LogP contribution in [0.1, 0.15) is 86.3 Å². The number of carbonyl (C=O) groups excluding carboxylic acids is 2. The van der Waals surface area contributed by atoms with Gasteiger partial charge in [-0.3, -0.25) is 4.79 Å². The molecule has 1 unspecified atom stereocenters. The first-order valence-corrected chi connectivity index (χ1v) is 12.6. The molecule has 0 spiro atoms. The lowest BCUT2D eigenvalue weighted by molar-refractivity contribution is -0.111. The van der Waals surface area contributed by atoms with Gasteiger partial charge >= 0.3 is 5.97 Å². The van der Waals surface area contributed by atoms with Gasteiger partial charge in [0.15, 0.2) is 0 Å². The van der Waals surface area contributed by atoms with Crippen molar-refractivity contribution in [1.29, 1.82) is 0 Å². The van der Waals surface area contributed by atoms with E-state index in [0.29, 0.717) is 16.5 Å². The molecule has 178 valence electrons. The average molecular weight is 468 g/mol. The lowest BCUT2D eigenvalue weighted by Crippen LogP contribution is -2.28. The number of hydrogen-bond acceptors (Lipinski definition) is 4. The molecule has 1 aliphatic carbocycles. The largest absolute Gasteiger partial charge is 0.465 e. The van der Waals surface area contributed by atoms with Gasteiger partial charge < -0.3 is 10.1 Å². The van der Waals surface area contributed by atoms with E-state index in [4.69, 9.17) is 4.74 Å². The van der Waals surface area contributed by atoms with E-state index in [1.54, 1.807) is 6.08 Å². The van der Waals surface area contributed by atoms with E-state index >= 15 is 0 Å². The third-order valence-corrected chi connectivity index (χ3v) is 8.28. The number of anilines is 1. The highest BCUT2D eigenvalue weighted by Gasteiger charge is 2.35. The van der Waals surface area contributed by atoms with Crippen LogP contribution in [0.4, 0.5) is 5.00 Å². The van der Waals surface area contributed by atoms with Crippen LogP contribution in [0.25, 0.3) is 6.08 Å². The number of carbonyl (C=O) groups is 2. The summed E-state index contributed by atoms with van der Waals surface area (Å²) in [6.07, 6.45) is 7.27. The lowest BCUT2D eigenvalue weighted by Gasteiger charge is -2.36. The Morgan fingerprint density at radius 2 is 1.82 bits per heavy atom. The molecule has 0 fully saturated rings. The number of nitrogens with one attached hydrogen (secondary N) is 1. The van der Waals surface area contributed by atoms with Crippen molar-refractivity contribution in [3.05, 3.63) is 57.5 Å². The summed E-state index contributed by atoms with van der Waals surface area (Å²) >= 11 is 1.52. The second kappa shape index (κ2) is 9.84. The summed E-state index contributed by atoms with van der Waals surface area (Å²) < 4.78 is 5.06. The molecule has 2 aromatic rings. The molecule has 1 heterocycles. The third-order valence-electron chi connectivity index (χ3n) is 7.11. The van der Waals surface area contributed by atoms with Crippen molar-refractivity contribution in [2.24, 2.45) is 11.3 Å². The minimum atomic E-state index is -0.377. The van der Waals surface area contributed by atoms with E-state index in [1.807, 2.05) is 12.1 Å². The van der Waals surface area contributed by atoms with Gasteiger partial charge in [-0.25, -0.2) is 4.79 Å². The summed E-state index contributed by atoms with van der Waals surface area (Å²) in [5.41, 5.74) is 4.13. The summed E-state index contributed by atoms with van der Waals surface area (Å²) in [5.74, 6) is -0.0551. The lowest BCUT2D eigenvalue weighted by atomic mass is 9.69. The first kappa shape index (κ1) is 25.2. The second-order valence-electron chi connectivity index (χ2n) is 10.7. The van der Waals surface area contributed by atoms with E-state index in [-0.39, 0.29) is 22.7 Å². The van der Waals surface area contributed by atoms with Crippen molar-refractivity contribution >= 4 is 34.3 Å². The molecule has 33 heavy (non-hydrogen) atoms. The molecule has 1 amide bonds. The van der Waals surface area contributed by atoms with Crippen molar-refractivity contribution in [3.63, 3.8) is 0 Å². The van der Waals surface area contributed by atoms with Crippen LogP contribution in [0.2, 0.25) is 0 Å². The smallest absolute Gasteiger partial charge is 0.341 e. The van der Waals surface area contributed by atoms with Crippen LogP contribution >= 0.6 is 11.3 Å². The van der Waals surface area contributed by atoms with Crippen LogP contribution in [0.5, 0.6) is 0 Å². The van der Waals surface area contributed by atoms with Gasteiger partial charge in [-0.1, -0.05) is 72.2 Å². The number of methoxy groups -OCH3 is 1. The number of esters is 1. The number of fused-ring (bicyclic) bond motifs is 1. The van der Waals surface area contributed by atoms with Gasteiger partial charge in [-0.15, -0.1) is 11.3 Å². The van der Waals surface area contributed by atoms with Gasteiger partial charge in [-0.2, -0.15) is 0 Å². The van der Waals surface area contributed by atoms with Crippen LogP contribution < -0.4 is 5.32 Å². The first-order valence-electron chi connectivity index (χ1n) is 11.8. The Bertz CT molecular complexity index is 1040. The molecule has 5 heteroatoms. The molecule has 1 aromatic heterocycles.